The van der Waals surface area contributed by atoms with E-state index in [1.165, 1.54) is 4.67 Å². The van der Waals surface area contributed by atoms with Gasteiger partial charge < -0.3 is 9.05 Å². The van der Waals surface area contributed by atoms with Crippen LogP contribution in [0.3, 0.4) is 0 Å². The molecule has 78 valence electrons. The minimum Gasteiger partial charge on any atom is -0.316 e. The first kappa shape index (κ1) is 11.4. The monoisotopic (exact) mass is 235 g/mol. The van der Waals surface area contributed by atoms with E-state index in [-0.39, 0.29) is 0 Å². The van der Waals surface area contributed by atoms with Crippen molar-refractivity contribution >= 4 is 18.4 Å². The van der Waals surface area contributed by atoms with E-state index in [1.54, 1.807) is 7.05 Å². The number of hydrogen-bond acceptors (Lipinski definition) is 3. The molecule has 0 amide bonds. The molecule has 0 saturated carbocycles. The predicted octanol–water partition coefficient (Wildman–Crippen LogP) is 1.75. The number of alkyl halides is 3. The van der Waals surface area contributed by atoms with Crippen LogP contribution in [0.25, 0.3) is 0 Å². The average molecular weight is 235 g/mol. The summed E-state index contributed by atoms with van der Waals surface area (Å²) in [5.74, 6) is 0. The lowest BCUT2D eigenvalue weighted by Crippen LogP contribution is -2.19. The predicted molar refractivity (Wildman–Crippen MR) is 44.9 cm³/mol. The van der Waals surface area contributed by atoms with Crippen LogP contribution in [0.2, 0.25) is 0 Å². The van der Waals surface area contributed by atoms with Gasteiger partial charge in [-0.2, -0.15) is 13.2 Å². The Labute approximate surface area is 79.0 Å². The Morgan fingerprint density at radius 1 is 1.62 bits per heavy atom. The summed E-state index contributed by atoms with van der Waals surface area (Å²) in [4.78, 5) is 0. The Morgan fingerprint density at radius 2 is 2.23 bits per heavy atom. The average Bonchev–Trinajstić information content (AvgIpc) is 2.29. The first-order chi connectivity index (χ1) is 5.83. The van der Waals surface area contributed by atoms with Gasteiger partial charge in [-0.1, -0.05) is 0 Å². The molecule has 0 N–H and O–H groups in total. The van der Waals surface area contributed by atoms with Crippen molar-refractivity contribution in [3.8, 4) is 0 Å². The fraction of sp³-hybridized carbons (Fsp3) is 1.00. The molecule has 1 aliphatic heterocycles. The molecule has 1 aliphatic rings. The zero-order chi connectivity index (χ0) is 10.1. The first-order valence-electron chi connectivity index (χ1n) is 3.51. The van der Waals surface area contributed by atoms with E-state index in [2.05, 4.69) is 4.52 Å². The SMILES string of the molecule is CN1CCOP1(=S)OCC(F)(F)F. The number of hydrogen-bond donors (Lipinski definition) is 0. The summed E-state index contributed by atoms with van der Waals surface area (Å²) in [6.07, 6.45) is -4.35. The number of nitrogens with zero attached hydrogens (tertiary/aromatic N) is 1. The number of rotatable bonds is 2. The summed E-state index contributed by atoms with van der Waals surface area (Å²) in [6.45, 7) is -3.29. The Balaban J connectivity index is 2.48. The van der Waals surface area contributed by atoms with Crippen LogP contribution < -0.4 is 0 Å². The van der Waals surface area contributed by atoms with Crippen LogP contribution in [0, 0.1) is 0 Å². The maximum Gasteiger partial charge on any atom is 0.412 e. The zero-order valence-corrected chi connectivity index (χ0v) is 8.59. The molecule has 0 radical (unpaired) electrons. The molecule has 0 bridgehead atoms. The van der Waals surface area contributed by atoms with Crippen molar-refractivity contribution in [2.24, 2.45) is 0 Å². The van der Waals surface area contributed by atoms with E-state index in [0.717, 1.165) is 0 Å². The Kier molecular flexibility index (Phi) is 3.35. The van der Waals surface area contributed by atoms with E-state index in [4.69, 9.17) is 16.3 Å². The lowest BCUT2D eigenvalue weighted by atomic mass is 10.7. The third-order valence-electron chi connectivity index (χ3n) is 1.48. The molecule has 8 heteroatoms. The van der Waals surface area contributed by atoms with E-state index in [0.29, 0.717) is 13.2 Å². The van der Waals surface area contributed by atoms with Gasteiger partial charge >= 0.3 is 6.18 Å². The molecule has 1 fully saturated rings. The van der Waals surface area contributed by atoms with Crippen molar-refractivity contribution in [3.05, 3.63) is 0 Å². The lowest BCUT2D eigenvalue weighted by Gasteiger charge is -2.22. The topological polar surface area (TPSA) is 21.7 Å². The van der Waals surface area contributed by atoms with Crippen molar-refractivity contribution < 1.29 is 22.2 Å². The smallest absolute Gasteiger partial charge is 0.316 e. The largest absolute Gasteiger partial charge is 0.412 e. The molecule has 1 atom stereocenters. The molecule has 0 spiro atoms. The zero-order valence-electron chi connectivity index (χ0n) is 6.87. The molecule has 1 saturated heterocycles. The van der Waals surface area contributed by atoms with Gasteiger partial charge in [-0.3, -0.25) is 0 Å². The highest BCUT2D eigenvalue weighted by Gasteiger charge is 2.36. The van der Waals surface area contributed by atoms with Gasteiger partial charge in [0.15, 0.2) is 6.61 Å². The molecule has 13 heavy (non-hydrogen) atoms. The first-order valence-corrected chi connectivity index (χ1v) is 6.10. The Bertz CT molecular complexity index is 234. The molecule has 0 aliphatic carbocycles. The molecule has 0 aromatic heterocycles. The van der Waals surface area contributed by atoms with Crippen LogP contribution in [0.4, 0.5) is 13.2 Å². The highest BCUT2D eigenvalue weighted by molar-refractivity contribution is 8.08. The Morgan fingerprint density at radius 3 is 2.62 bits per heavy atom. The molecular weight excluding hydrogens is 226 g/mol. The molecular formula is C5H9F3NO2PS. The van der Waals surface area contributed by atoms with Crippen LogP contribution in [-0.4, -0.2) is 37.7 Å². The van der Waals surface area contributed by atoms with Crippen LogP contribution in [0.15, 0.2) is 0 Å². The second-order valence-electron chi connectivity index (χ2n) is 2.57. The normalized spacial score (nSPS) is 31.1. The summed E-state index contributed by atoms with van der Waals surface area (Å²) in [5, 5.41) is 0. The maximum atomic E-state index is 11.8. The van der Waals surface area contributed by atoms with Crippen LogP contribution >= 0.6 is 6.64 Å². The van der Waals surface area contributed by atoms with Gasteiger partial charge in [-0.05, 0) is 18.9 Å². The Hall–Kier alpha value is 0.320. The van der Waals surface area contributed by atoms with E-state index in [9.17, 15) is 13.2 Å². The maximum absolute atomic E-state index is 11.8. The van der Waals surface area contributed by atoms with E-state index in [1.807, 2.05) is 0 Å². The molecule has 1 unspecified atom stereocenters. The van der Waals surface area contributed by atoms with Gasteiger partial charge in [-0.15, -0.1) is 0 Å². The van der Waals surface area contributed by atoms with Crippen LogP contribution in [-0.2, 0) is 20.9 Å². The summed E-state index contributed by atoms with van der Waals surface area (Å²) >= 11 is 4.85. The third kappa shape index (κ3) is 3.18. The fourth-order valence-corrected chi connectivity index (χ4v) is 2.84. The molecule has 1 heterocycles. The van der Waals surface area contributed by atoms with Gasteiger partial charge in [0.1, 0.15) is 0 Å². The quantitative estimate of drug-likeness (QED) is 0.680. The lowest BCUT2D eigenvalue weighted by molar-refractivity contribution is -0.154. The van der Waals surface area contributed by atoms with Crippen LogP contribution in [0.1, 0.15) is 0 Å². The van der Waals surface area contributed by atoms with Crippen molar-refractivity contribution in [2.75, 3.05) is 26.8 Å². The van der Waals surface area contributed by atoms with Gasteiger partial charge in [-0.25, -0.2) is 4.67 Å². The van der Waals surface area contributed by atoms with Crippen LogP contribution in [0.5, 0.6) is 0 Å². The van der Waals surface area contributed by atoms with Crippen molar-refractivity contribution in [1.29, 1.82) is 0 Å². The van der Waals surface area contributed by atoms with Gasteiger partial charge in [0, 0.05) is 6.54 Å². The highest BCUT2D eigenvalue weighted by Crippen LogP contribution is 2.55. The van der Waals surface area contributed by atoms with Crippen molar-refractivity contribution in [1.82, 2.24) is 4.67 Å². The molecule has 0 aromatic carbocycles. The van der Waals surface area contributed by atoms with Crippen molar-refractivity contribution in [2.45, 2.75) is 6.18 Å². The molecule has 1 rings (SSSR count). The number of likely N-dealkylation sites (N-methyl/N-ethyl adjacent to an activating group) is 1. The number of halogens is 3. The minimum atomic E-state index is -4.35. The van der Waals surface area contributed by atoms with Gasteiger partial charge in [0.2, 0.25) is 0 Å². The van der Waals surface area contributed by atoms with Gasteiger partial charge in [0.05, 0.1) is 6.61 Å². The molecule has 3 nitrogen and oxygen atoms in total. The van der Waals surface area contributed by atoms with E-state index < -0.39 is 19.4 Å². The van der Waals surface area contributed by atoms with Crippen molar-refractivity contribution in [3.63, 3.8) is 0 Å². The summed E-state index contributed by atoms with van der Waals surface area (Å²) in [7, 11) is 1.60. The van der Waals surface area contributed by atoms with Gasteiger partial charge in [0.25, 0.3) is 6.64 Å². The minimum absolute atomic E-state index is 0.339. The summed E-state index contributed by atoms with van der Waals surface area (Å²) in [6, 6.07) is 0. The fourth-order valence-electron chi connectivity index (χ4n) is 0.800. The highest BCUT2D eigenvalue weighted by atomic mass is 32.5. The third-order valence-corrected chi connectivity index (χ3v) is 4.95. The standard InChI is InChI=1S/C5H9F3NO2PS/c1-9-2-3-10-12(9,13)11-4-5(6,7)8/h2-4H2,1H3. The summed E-state index contributed by atoms with van der Waals surface area (Å²) in [5.41, 5.74) is 0. The second kappa shape index (κ2) is 3.82. The molecule has 0 aromatic rings. The second-order valence-corrected chi connectivity index (χ2v) is 6.09. The van der Waals surface area contributed by atoms with E-state index >= 15 is 0 Å². The summed E-state index contributed by atoms with van der Waals surface area (Å²) < 4.78 is 46.4.